The summed E-state index contributed by atoms with van der Waals surface area (Å²) in [6, 6.07) is 6.09. The Bertz CT molecular complexity index is 549. The molecule has 84 valence electrons. The lowest BCUT2D eigenvalue weighted by atomic mass is 10.0. The molecule has 0 bridgehead atoms. The summed E-state index contributed by atoms with van der Waals surface area (Å²) in [5, 5.41) is 1.86. The van der Waals surface area contributed by atoms with E-state index in [2.05, 4.69) is 47.8 Å². The minimum atomic E-state index is 0.436. The van der Waals surface area contributed by atoms with Crippen LogP contribution in [0.3, 0.4) is 0 Å². The summed E-state index contributed by atoms with van der Waals surface area (Å²) in [6.07, 6.45) is 0. The van der Waals surface area contributed by atoms with Crippen molar-refractivity contribution >= 4 is 38.4 Å². The zero-order valence-corrected chi connectivity index (χ0v) is 11.9. The molecule has 16 heavy (non-hydrogen) atoms. The van der Waals surface area contributed by atoms with Gasteiger partial charge in [0.05, 0.1) is 10.5 Å². The number of rotatable bonds is 1. The molecule has 0 unspecified atom stereocenters. The van der Waals surface area contributed by atoms with Crippen LogP contribution in [0.1, 0.15) is 31.0 Å². The Hall–Kier alpha value is -0.600. The minimum absolute atomic E-state index is 0.436. The number of hydrogen-bond acceptors (Lipinski definition) is 1. The topological polar surface area (TPSA) is 12.9 Å². The molecule has 0 aliphatic rings. The van der Waals surface area contributed by atoms with E-state index in [9.17, 15) is 0 Å². The quantitative estimate of drug-likeness (QED) is 0.715. The maximum Gasteiger partial charge on any atom is 0.0723 e. The molecule has 2 aromatic rings. The van der Waals surface area contributed by atoms with Crippen LogP contribution in [-0.4, -0.2) is 4.98 Å². The van der Waals surface area contributed by atoms with Gasteiger partial charge in [-0.1, -0.05) is 25.4 Å². The predicted molar refractivity (Wildman–Crippen MR) is 73.3 cm³/mol. The van der Waals surface area contributed by atoms with E-state index in [1.807, 2.05) is 12.1 Å². The van der Waals surface area contributed by atoms with Crippen molar-refractivity contribution in [1.82, 2.24) is 4.98 Å². The number of halogens is 2. The van der Waals surface area contributed by atoms with Crippen molar-refractivity contribution in [2.24, 2.45) is 0 Å². The summed E-state index contributed by atoms with van der Waals surface area (Å²) in [4.78, 5) is 4.63. The molecule has 3 heteroatoms. The van der Waals surface area contributed by atoms with Crippen molar-refractivity contribution in [1.29, 1.82) is 0 Å². The van der Waals surface area contributed by atoms with E-state index in [0.717, 1.165) is 21.1 Å². The number of pyridine rings is 1. The second-order valence-electron chi connectivity index (χ2n) is 4.30. The molecule has 1 aromatic heterocycles. The van der Waals surface area contributed by atoms with Crippen LogP contribution in [0.15, 0.2) is 22.7 Å². The lowest BCUT2D eigenvalue weighted by molar-refractivity contribution is 0.828. The third kappa shape index (κ3) is 2.09. The van der Waals surface area contributed by atoms with Crippen LogP contribution in [0.25, 0.3) is 10.9 Å². The molecular formula is C13H13BrClN. The Balaban J connectivity index is 2.77. The Morgan fingerprint density at radius 3 is 2.56 bits per heavy atom. The van der Waals surface area contributed by atoms with Crippen molar-refractivity contribution in [3.63, 3.8) is 0 Å². The molecular weight excluding hydrogens is 286 g/mol. The van der Waals surface area contributed by atoms with Gasteiger partial charge in [0.1, 0.15) is 0 Å². The van der Waals surface area contributed by atoms with E-state index < -0.39 is 0 Å². The van der Waals surface area contributed by atoms with Gasteiger partial charge in [-0.3, -0.25) is 4.98 Å². The average molecular weight is 299 g/mol. The van der Waals surface area contributed by atoms with Crippen LogP contribution in [0.5, 0.6) is 0 Å². The summed E-state index contributed by atoms with van der Waals surface area (Å²) in [6.45, 7) is 6.40. The third-order valence-electron chi connectivity index (χ3n) is 2.67. The van der Waals surface area contributed by atoms with Gasteiger partial charge in [-0.2, -0.15) is 0 Å². The first-order valence-corrected chi connectivity index (χ1v) is 6.42. The summed E-state index contributed by atoms with van der Waals surface area (Å²) in [5.74, 6) is 0.436. The Kier molecular flexibility index (Phi) is 3.22. The fraction of sp³-hybridized carbons (Fsp3) is 0.308. The highest BCUT2D eigenvalue weighted by molar-refractivity contribution is 9.10. The third-order valence-corrected chi connectivity index (χ3v) is 3.87. The van der Waals surface area contributed by atoms with Gasteiger partial charge in [-0.25, -0.2) is 0 Å². The second kappa shape index (κ2) is 4.34. The number of aromatic nitrogens is 1. The Labute approximate surface area is 109 Å². The van der Waals surface area contributed by atoms with Gasteiger partial charge in [-0.05, 0) is 52.5 Å². The minimum Gasteiger partial charge on any atom is -0.252 e. The van der Waals surface area contributed by atoms with Gasteiger partial charge in [-0.15, -0.1) is 0 Å². The van der Waals surface area contributed by atoms with Crippen molar-refractivity contribution in [2.45, 2.75) is 26.7 Å². The molecule has 0 aliphatic heterocycles. The van der Waals surface area contributed by atoms with Crippen LogP contribution in [0.2, 0.25) is 5.02 Å². The highest BCUT2D eigenvalue weighted by atomic mass is 79.9. The fourth-order valence-electron chi connectivity index (χ4n) is 1.71. The fourth-order valence-corrected chi connectivity index (χ4v) is 2.21. The SMILES string of the molecule is Cc1cc(C(C)C)nc2cc(Cl)c(Br)cc12. The Morgan fingerprint density at radius 1 is 1.25 bits per heavy atom. The zero-order valence-electron chi connectivity index (χ0n) is 9.51. The van der Waals surface area contributed by atoms with Crippen molar-refractivity contribution in [2.75, 3.05) is 0 Å². The smallest absolute Gasteiger partial charge is 0.0723 e. The van der Waals surface area contributed by atoms with Gasteiger partial charge in [0.15, 0.2) is 0 Å². The van der Waals surface area contributed by atoms with Crippen LogP contribution in [-0.2, 0) is 0 Å². The zero-order chi connectivity index (χ0) is 11.9. The van der Waals surface area contributed by atoms with Gasteiger partial charge in [0.2, 0.25) is 0 Å². The molecule has 1 aromatic carbocycles. The number of hydrogen-bond donors (Lipinski definition) is 0. The van der Waals surface area contributed by atoms with Crippen LogP contribution < -0.4 is 0 Å². The average Bonchev–Trinajstić information content (AvgIpc) is 2.20. The van der Waals surface area contributed by atoms with Gasteiger partial charge >= 0.3 is 0 Å². The number of aryl methyl sites for hydroxylation is 1. The highest BCUT2D eigenvalue weighted by Crippen LogP contribution is 2.30. The van der Waals surface area contributed by atoms with E-state index in [1.165, 1.54) is 5.56 Å². The first-order chi connectivity index (χ1) is 7.49. The predicted octanol–water partition coefficient (Wildman–Crippen LogP) is 5.08. The second-order valence-corrected chi connectivity index (χ2v) is 5.56. The lowest BCUT2D eigenvalue weighted by Crippen LogP contribution is -1.95. The monoisotopic (exact) mass is 297 g/mol. The molecule has 0 fully saturated rings. The largest absolute Gasteiger partial charge is 0.252 e. The molecule has 0 saturated carbocycles. The van der Waals surface area contributed by atoms with Crippen LogP contribution in [0, 0.1) is 6.92 Å². The first kappa shape index (κ1) is 11.9. The molecule has 0 radical (unpaired) electrons. The van der Waals surface area contributed by atoms with E-state index in [0.29, 0.717) is 10.9 Å². The molecule has 1 nitrogen and oxygen atoms in total. The first-order valence-electron chi connectivity index (χ1n) is 5.25. The van der Waals surface area contributed by atoms with Crippen molar-refractivity contribution < 1.29 is 0 Å². The molecule has 0 amide bonds. The molecule has 1 heterocycles. The molecule has 2 rings (SSSR count). The number of benzene rings is 1. The van der Waals surface area contributed by atoms with Crippen LogP contribution in [0.4, 0.5) is 0 Å². The van der Waals surface area contributed by atoms with Gasteiger partial charge < -0.3 is 0 Å². The summed E-state index contributed by atoms with van der Waals surface area (Å²) in [7, 11) is 0. The molecule has 0 atom stereocenters. The number of nitrogens with zero attached hydrogens (tertiary/aromatic N) is 1. The Morgan fingerprint density at radius 2 is 1.94 bits per heavy atom. The number of fused-ring (bicyclic) bond motifs is 1. The molecule has 0 aliphatic carbocycles. The normalized spacial score (nSPS) is 11.4. The van der Waals surface area contributed by atoms with E-state index in [1.54, 1.807) is 0 Å². The molecule has 0 spiro atoms. The highest BCUT2D eigenvalue weighted by Gasteiger charge is 2.08. The van der Waals surface area contributed by atoms with E-state index in [4.69, 9.17) is 11.6 Å². The van der Waals surface area contributed by atoms with Gasteiger partial charge in [0.25, 0.3) is 0 Å². The molecule has 0 saturated heterocycles. The van der Waals surface area contributed by atoms with Crippen LogP contribution >= 0.6 is 27.5 Å². The summed E-state index contributed by atoms with van der Waals surface area (Å²) in [5.41, 5.74) is 3.33. The maximum absolute atomic E-state index is 6.09. The van der Waals surface area contributed by atoms with Gasteiger partial charge in [0, 0.05) is 15.6 Å². The standard InChI is InChI=1S/C13H13BrClN/c1-7(2)12-4-8(3)9-5-10(14)11(15)6-13(9)16-12/h4-7H,1-3H3. The van der Waals surface area contributed by atoms with E-state index in [-0.39, 0.29) is 0 Å². The van der Waals surface area contributed by atoms with E-state index >= 15 is 0 Å². The van der Waals surface area contributed by atoms with Crippen molar-refractivity contribution in [3.8, 4) is 0 Å². The van der Waals surface area contributed by atoms with Crippen molar-refractivity contribution in [3.05, 3.63) is 39.0 Å². The summed E-state index contributed by atoms with van der Waals surface area (Å²) < 4.78 is 0.920. The summed E-state index contributed by atoms with van der Waals surface area (Å²) >= 11 is 9.52. The molecule has 0 N–H and O–H groups in total. The maximum atomic E-state index is 6.09. The lowest BCUT2D eigenvalue weighted by Gasteiger charge is -2.10.